The number of ether oxygens (including phenoxy) is 2. The van der Waals surface area contributed by atoms with Crippen LogP contribution in [0.15, 0.2) is 64.4 Å². The molecule has 3 rings (SSSR count). The monoisotopic (exact) mass is 508 g/mol. The second-order valence-corrected chi connectivity index (χ2v) is 10.4. The first kappa shape index (κ1) is 27.1. The molecule has 3 aromatic rings. The highest BCUT2D eigenvalue weighted by Gasteiger charge is 2.30. The Bertz CT molecular complexity index is 1360. The number of Topliss-reactive ketones (excluding diaryl/α,β-unsaturated/α-hetero) is 1. The van der Waals surface area contributed by atoms with Crippen LogP contribution in [0.25, 0.3) is 16.3 Å². The highest BCUT2D eigenvalue weighted by atomic mass is 32.2. The summed E-state index contributed by atoms with van der Waals surface area (Å²) in [6.45, 7) is 5.06. The van der Waals surface area contributed by atoms with Crippen LogP contribution >= 0.6 is 0 Å². The van der Waals surface area contributed by atoms with Crippen molar-refractivity contribution in [2.45, 2.75) is 62.2 Å². The van der Waals surface area contributed by atoms with E-state index in [-0.39, 0.29) is 21.1 Å². The summed E-state index contributed by atoms with van der Waals surface area (Å²) in [5.41, 5.74) is 8.81. The fourth-order valence-corrected chi connectivity index (χ4v) is 5.65. The smallest absolute Gasteiger partial charge is 0.328 e. The average Bonchev–Trinajstić information content (AvgIpc) is 2.88. The van der Waals surface area contributed by atoms with Crippen molar-refractivity contribution in [1.82, 2.24) is 0 Å². The second-order valence-electron chi connectivity index (χ2n) is 8.49. The Hall–Kier alpha value is -3.48. The van der Waals surface area contributed by atoms with Gasteiger partial charge in [-0.3, -0.25) is 4.79 Å². The predicted molar refractivity (Wildman–Crippen MR) is 140 cm³/mol. The summed E-state index contributed by atoms with van der Waals surface area (Å²) >= 11 is 0. The standard InChI is InChI=1S/C28H32N2O5S/c1-3-5-7-17-34-22-16-15-21-11-9-13-26(23(21)19-22)36(32,33)27-14-10-12-25(35-18-8-6-4-2)28(27)24(31)20-30-29/h9-16,19-20H,3-8,17-18H2,1-2H3. The van der Waals surface area contributed by atoms with Crippen molar-refractivity contribution in [1.29, 1.82) is 0 Å². The number of sulfone groups is 1. The van der Waals surface area contributed by atoms with Crippen molar-refractivity contribution in [3.63, 3.8) is 0 Å². The summed E-state index contributed by atoms with van der Waals surface area (Å²) in [5, 5.41) is 1.22. The molecular formula is C28H32N2O5S. The lowest BCUT2D eigenvalue weighted by atomic mass is 10.1. The molecule has 0 heterocycles. The fourth-order valence-electron chi connectivity index (χ4n) is 3.96. The van der Waals surface area contributed by atoms with Crippen LogP contribution in [0.3, 0.4) is 0 Å². The third kappa shape index (κ3) is 6.39. The van der Waals surface area contributed by atoms with E-state index in [9.17, 15) is 13.2 Å². The van der Waals surface area contributed by atoms with Gasteiger partial charge < -0.3 is 15.0 Å². The Morgan fingerprint density at radius 3 is 2.25 bits per heavy atom. The minimum atomic E-state index is -4.16. The lowest BCUT2D eigenvalue weighted by Gasteiger charge is -2.15. The minimum Gasteiger partial charge on any atom is -0.494 e. The molecule has 0 aliphatic rings. The van der Waals surface area contributed by atoms with E-state index in [1.54, 1.807) is 24.3 Å². The molecular weight excluding hydrogens is 476 g/mol. The van der Waals surface area contributed by atoms with E-state index in [0.29, 0.717) is 30.6 Å². The average molecular weight is 509 g/mol. The molecule has 0 N–H and O–H groups in total. The van der Waals surface area contributed by atoms with Gasteiger partial charge in [0.1, 0.15) is 11.5 Å². The Balaban J connectivity index is 2.10. The maximum Gasteiger partial charge on any atom is 0.328 e. The zero-order valence-electron chi connectivity index (χ0n) is 20.8. The first-order valence-electron chi connectivity index (χ1n) is 12.3. The van der Waals surface area contributed by atoms with E-state index in [1.807, 2.05) is 18.2 Å². The van der Waals surface area contributed by atoms with Gasteiger partial charge in [-0.25, -0.2) is 8.42 Å². The lowest BCUT2D eigenvalue weighted by Crippen LogP contribution is -2.14. The van der Waals surface area contributed by atoms with E-state index in [0.717, 1.165) is 43.9 Å². The van der Waals surface area contributed by atoms with Gasteiger partial charge in [-0.15, -0.1) is 0 Å². The van der Waals surface area contributed by atoms with Crippen molar-refractivity contribution < 1.29 is 27.5 Å². The summed E-state index contributed by atoms with van der Waals surface area (Å²) in [6.07, 6.45) is 6.42. The molecule has 0 saturated heterocycles. The van der Waals surface area contributed by atoms with Crippen molar-refractivity contribution in [3.05, 3.63) is 65.7 Å². The molecule has 0 atom stereocenters. The summed E-state index contributed by atoms with van der Waals surface area (Å²) in [4.78, 5) is 15.5. The van der Waals surface area contributed by atoms with Crippen LogP contribution in [0.1, 0.15) is 62.7 Å². The SMILES string of the molecule is CCCCCOc1ccc2cccc(S(=O)(=O)c3cccc(OCCCCC)c3C(=O)C=[N+]=[N-])c2c1. The van der Waals surface area contributed by atoms with Gasteiger partial charge in [0.15, 0.2) is 0 Å². The molecule has 0 unspecified atom stereocenters. The van der Waals surface area contributed by atoms with Crippen LogP contribution in [-0.4, -0.2) is 38.4 Å². The van der Waals surface area contributed by atoms with Crippen molar-refractivity contribution in [2.75, 3.05) is 13.2 Å². The van der Waals surface area contributed by atoms with E-state index in [2.05, 4.69) is 18.6 Å². The molecule has 0 aliphatic carbocycles. The molecule has 0 aliphatic heterocycles. The molecule has 190 valence electrons. The molecule has 8 heteroatoms. The Labute approximate surface area is 212 Å². The maximum absolute atomic E-state index is 14.0. The fraction of sp³-hybridized carbons (Fsp3) is 0.357. The van der Waals surface area contributed by atoms with Gasteiger partial charge in [0.2, 0.25) is 9.84 Å². The minimum absolute atomic E-state index is 0.0529. The largest absolute Gasteiger partial charge is 0.494 e. The van der Waals surface area contributed by atoms with E-state index in [1.165, 1.54) is 12.1 Å². The zero-order chi connectivity index (χ0) is 26.0. The summed E-state index contributed by atoms with van der Waals surface area (Å²) in [6, 6.07) is 14.8. The van der Waals surface area contributed by atoms with E-state index < -0.39 is 15.6 Å². The summed E-state index contributed by atoms with van der Waals surface area (Å²) in [7, 11) is -4.16. The predicted octanol–water partition coefficient (Wildman–Crippen LogP) is 6.29. The summed E-state index contributed by atoms with van der Waals surface area (Å²) in [5.74, 6) is -0.0439. The molecule has 0 radical (unpaired) electrons. The molecule has 0 bridgehead atoms. The van der Waals surface area contributed by atoms with Crippen LogP contribution in [0.2, 0.25) is 0 Å². The van der Waals surface area contributed by atoms with Gasteiger partial charge in [0, 0.05) is 5.39 Å². The van der Waals surface area contributed by atoms with Crippen molar-refractivity contribution in [2.24, 2.45) is 0 Å². The molecule has 0 amide bonds. The number of fused-ring (bicyclic) bond motifs is 1. The molecule has 3 aromatic carbocycles. The number of benzene rings is 3. The molecule has 0 aromatic heterocycles. The normalized spacial score (nSPS) is 11.2. The number of hydrogen-bond acceptors (Lipinski definition) is 5. The van der Waals surface area contributed by atoms with Gasteiger partial charge >= 0.3 is 6.21 Å². The molecule has 0 saturated carbocycles. The van der Waals surface area contributed by atoms with Crippen LogP contribution in [0.5, 0.6) is 11.5 Å². The van der Waals surface area contributed by atoms with Crippen LogP contribution in [0, 0.1) is 0 Å². The number of hydrogen-bond donors (Lipinski definition) is 0. The topological polar surface area (TPSA) is 106 Å². The highest BCUT2D eigenvalue weighted by Crippen LogP contribution is 2.35. The number of unbranched alkanes of at least 4 members (excludes halogenated alkanes) is 4. The van der Waals surface area contributed by atoms with Crippen LogP contribution in [0.4, 0.5) is 0 Å². The summed E-state index contributed by atoms with van der Waals surface area (Å²) < 4.78 is 39.6. The van der Waals surface area contributed by atoms with Gasteiger partial charge in [0.25, 0.3) is 5.78 Å². The Kier molecular flexibility index (Phi) is 9.79. The molecule has 0 fully saturated rings. The van der Waals surface area contributed by atoms with E-state index >= 15 is 0 Å². The number of rotatable bonds is 14. The van der Waals surface area contributed by atoms with Gasteiger partial charge in [-0.05, 0) is 48.6 Å². The quantitative estimate of drug-likeness (QED) is 0.0836. The van der Waals surface area contributed by atoms with Crippen LogP contribution < -0.4 is 9.47 Å². The maximum atomic E-state index is 14.0. The number of carbonyl (C=O) groups is 1. The van der Waals surface area contributed by atoms with Gasteiger partial charge in [-0.2, -0.15) is 4.79 Å². The molecule has 36 heavy (non-hydrogen) atoms. The van der Waals surface area contributed by atoms with Crippen molar-refractivity contribution in [3.8, 4) is 11.5 Å². The van der Waals surface area contributed by atoms with Crippen LogP contribution in [-0.2, 0) is 9.84 Å². The third-order valence-corrected chi connectivity index (χ3v) is 7.68. The first-order valence-corrected chi connectivity index (χ1v) is 13.8. The lowest BCUT2D eigenvalue weighted by molar-refractivity contribution is 0.00227. The van der Waals surface area contributed by atoms with Gasteiger partial charge in [0.05, 0.1) is 28.6 Å². The second kappa shape index (κ2) is 13.0. The Morgan fingerprint density at radius 1 is 0.889 bits per heavy atom. The first-order chi connectivity index (χ1) is 17.4. The molecule has 0 spiro atoms. The van der Waals surface area contributed by atoms with E-state index in [4.69, 9.17) is 15.0 Å². The third-order valence-electron chi connectivity index (χ3n) is 5.82. The number of carbonyl (C=O) groups excluding carboxylic acids is 1. The zero-order valence-corrected chi connectivity index (χ0v) is 21.6. The number of nitrogens with zero attached hydrogens (tertiary/aromatic N) is 2. The molecule has 7 nitrogen and oxygen atoms in total. The number of ketones is 1. The Morgan fingerprint density at radius 2 is 1.56 bits per heavy atom. The van der Waals surface area contributed by atoms with Crippen molar-refractivity contribution >= 4 is 32.6 Å². The highest BCUT2D eigenvalue weighted by molar-refractivity contribution is 7.91. The van der Waals surface area contributed by atoms with Gasteiger partial charge in [-0.1, -0.05) is 63.8 Å².